The summed E-state index contributed by atoms with van der Waals surface area (Å²) in [6, 6.07) is 6.38. The van der Waals surface area contributed by atoms with Gasteiger partial charge in [0.15, 0.2) is 0 Å². The van der Waals surface area contributed by atoms with Gasteiger partial charge in [-0.05, 0) is 50.8 Å². The summed E-state index contributed by atoms with van der Waals surface area (Å²) in [4.78, 5) is 4.86. The van der Waals surface area contributed by atoms with Crippen molar-refractivity contribution in [2.45, 2.75) is 47.0 Å². The van der Waals surface area contributed by atoms with Crippen LogP contribution in [0.4, 0.5) is 5.69 Å². The Morgan fingerprint density at radius 1 is 1.24 bits per heavy atom. The SMILES string of the molecule is C=C(/C=C\C=C/C)/C(CCCC)=N/c1ccc(C)cc1C. The molecule has 0 aromatic heterocycles. The topological polar surface area (TPSA) is 12.4 Å². The van der Waals surface area contributed by atoms with Crippen molar-refractivity contribution in [1.82, 2.24) is 0 Å². The molecule has 112 valence electrons. The number of benzene rings is 1. The molecule has 0 aliphatic rings. The second kappa shape index (κ2) is 9.12. The monoisotopic (exact) mass is 281 g/mol. The van der Waals surface area contributed by atoms with Gasteiger partial charge in [-0.2, -0.15) is 0 Å². The lowest BCUT2D eigenvalue weighted by molar-refractivity contribution is 0.835. The van der Waals surface area contributed by atoms with E-state index in [0.29, 0.717) is 0 Å². The van der Waals surface area contributed by atoms with Gasteiger partial charge in [-0.1, -0.05) is 61.9 Å². The number of rotatable bonds is 7. The molecule has 0 saturated carbocycles. The van der Waals surface area contributed by atoms with E-state index in [0.717, 1.165) is 36.2 Å². The molecular weight excluding hydrogens is 254 g/mol. The lowest BCUT2D eigenvalue weighted by atomic mass is 10.0. The number of aryl methyl sites for hydroxylation is 2. The highest BCUT2D eigenvalue weighted by Gasteiger charge is 2.04. The van der Waals surface area contributed by atoms with Crippen LogP contribution in [0.25, 0.3) is 0 Å². The average Bonchev–Trinajstić information content (AvgIpc) is 2.45. The molecule has 0 saturated heterocycles. The molecule has 1 nitrogen and oxygen atoms in total. The van der Waals surface area contributed by atoms with Crippen molar-refractivity contribution in [1.29, 1.82) is 0 Å². The van der Waals surface area contributed by atoms with Crippen molar-refractivity contribution in [3.05, 3.63) is 65.8 Å². The Balaban J connectivity index is 3.05. The van der Waals surface area contributed by atoms with E-state index in [9.17, 15) is 0 Å². The van der Waals surface area contributed by atoms with Crippen molar-refractivity contribution in [2.24, 2.45) is 4.99 Å². The van der Waals surface area contributed by atoms with Gasteiger partial charge >= 0.3 is 0 Å². The average molecular weight is 281 g/mol. The lowest BCUT2D eigenvalue weighted by Gasteiger charge is -2.08. The fourth-order valence-corrected chi connectivity index (χ4v) is 2.09. The van der Waals surface area contributed by atoms with Crippen molar-refractivity contribution in [2.75, 3.05) is 0 Å². The Morgan fingerprint density at radius 3 is 2.62 bits per heavy atom. The van der Waals surface area contributed by atoms with Crippen LogP contribution in [-0.4, -0.2) is 5.71 Å². The molecule has 0 atom stereocenters. The van der Waals surface area contributed by atoms with Crippen LogP contribution in [0.3, 0.4) is 0 Å². The number of unbranched alkanes of at least 4 members (excludes halogenated alkanes) is 1. The lowest BCUT2D eigenvalue weighted by Crippen LogP contribution is -2.00. The Hall–Kier alpha value is -1.89. The largest absolute Gasteiger partial charge is 0.253 e. The van der Waals surface area contributed by atoms with Crippen LogP contribution < -0.4 is 0 Å². The number of aliphatic imine (C=N–C) groups is 1. The Bertz CT molecular complexity index is 559. The van der Waals surface area contributed by atoms with Crippen LogP contribution in [0.1, 0.15) is 44.2 Å². The van der Waals surface area contributed by atoms with Crippen molar-refractivity contribution in [3.8, 4) is 0 Å². The van der Waals surface area contributed by atoms with Crippen LogP contribution in [0.15, 0.2) is 59.6 Å². The third-order valence-corrected chi connectivity index (χ3v) is 3.35. The number of allylic oxidation sites excluding steroid dienone is 5. The minimum atomic E-state index is 0.975. The highest BCUT2D eigenvalue weighted by atomic mass is 14.8. The highest BCUT2D eigenvalue weighted by molar-refractivity contribution is 6.03. The quantitative estimate of drug-likeness (QED) is 0.413. The molecule has 0 amide bonds. The molecule has 0 heterocycles. The molecule has 1 heteroatoms. The fraction of sp³-hybridized carbons (Fsp3) is 0.350. The summed E-state index contributed by atoms with van der Waals surface area (Å²) in [7, 11) is 0. The van der Waals surface area contributed by atoms with E-state index in [4.69, 9.17) is 4.99 Å². The van der Waals surface area contributed by atoms with Gasteiger partial charge in [0.25, 0.3) is 0 Å². The molecule has 1 aromatic carbocycles. The van der Waals surface area contributed by atoms with Crippen LogP contribution in [0.5, 0.6) is 0 Å². The van der Waals surface area contributed by atoms with Crippen molar-refractivity contribution < 1.29 is 0 Å². The summed E-state index contributed by atoms with van der Waals surface area (Å²) in [5.74, 6) is 0. The van der Waals surface area contributed by atoms with Gasteiger partial charge in [0.05, 0.1) is 5.69 Å². The predicted octanol–water partition coefficient (Wildman–Crippen LogP) is 6.25. The van der Waals surface area contributed by atoms with Gasteiger partial charge in [-0.15, -0.1) is 0 Å². The van der Waals surface area contributed by atoms with Gasteiger partial charge in [0.2, 0.25) is 0 Å². The van der Waals surface area contributed by atoms with Gasteiger partial charge in [-0.25, -0.2) is 0 Å². The molecule has 0 unspecified atom stereocenters. The first-order valence-electron chi connectivity index (χ1n) is 7.72. The molecule has 0 aliphatic heterocycles. The molecule has 0 spiro atoms. The second-order valence-corrected chi connectivity index (χ2v) is 5.36. The highest BCUT2D eigenvalue weighted by Crippen LogP contribution is 2.22. The van der Waals surface area contributed by atoms with Gasteiger partial charge in [0.1, 0.15) is 0 Å². The third kappa shape index (κ3) is 5.95. The molecule has 0 bridgehead atoms. The minimum Gasteiger partial charge on any atom is -0.253 e. The summed E-state index contributed by atoms with van der Waals surface area (Å²) in [5, 5.41) is 0. The Morgan fingerprint density at radius 2 is 2.00 bits per heavy atom. The zero-order valence-electron chi connectivity index (χ0n) is 13.8. The van der Waals surface area contributed by atoms with E-state index >= 15 is 0 Å². The van der Waals surface area contributed by atoms with E-state index in [1.165, 1.54) is 11.1 Å². The minimum absolute atomic E-state index is 0.975. The van der Waals surface area contributed by atoms with Gasteiger partial charge in [0, 0.05) is 5.71 Å². The van der Waals surface area contributed by atoms with Crippen LogP contribution >= 0.6 is 0 Å². The Labute approximate surface area is 129 Å². The molecule has 0 aliphatic carbocycles. The van der Waals surface area contributed by atoms with Crippen LogP contribution in [0, 0.1) is 13.8 Å². The van der Waals surface area contributed by atoms with E-state index < -0.39 is 0 Å². The summed E-state index contributed by atoms with van der Waals surface area (Å²) in [6.07, 6.45) is 11.4. The molecule has 0 radical (unpaired) electrons. The van der Waals surface area contributed by atoms with E-state index in [1.807, 2.05) is 31.2 Å². The maximum Gasteiger partial charge on any atom is 0.0662 e. The first-order chi connectivity index (χ1) is 10.1. The van der Waals surface area contributed by atoms with Gasteiger partial charge < -0.3 is 0 Å². The van der Waals surface area contributed by atoms with Crippen LogP contribution in [0.2, 0.25) is 0 Å². The van der Waals surface area contributed by atoms with E-state index in [-0.39, 0.29) is 0 Å². The van der Waals surface area contributed by atoms with E-state index in [2.05, 4.69) is 45.5 Å². The van der Waals surface area contributed by atoms with Crippen molar-refractivity contribution >= 4 is 11.4 Å². The smallest absolute Gasteiger partial charge is 0.0662 e. The number of nitrogens with zero attached hydrogens (tertiary/aromatic N) is 1. The summed E-state index contributed by atoms with van der Waals surface area (Å²) in [5.41, 5.74) is 5.63. The van der Waals surface area contributed by atoms with Gasteiger partial charge in [-0.3, -0.25) is 4.99 Å². The number of hydrogen-bond acceptors (Lipinski definition) is 1. The standard InChI is InChI=1S/C20H27N/c1-6-8-10-11-17(4)19(12-9-7-2)21-20-14-13-16(3)15-18(20)5/h6,8,10-11,13-15H,4,7,9,12H2,1-3,5H3/b8-6-,11-10-,21-19+. The summed E-state index contributed by atoms with van der Waals surface area (Å²) < 4.78 is 0. The Kier molecular flexibility index (Phi) is 7.45. The number of hydrogen-bond donors (Lipinski definition) is 0. The molecule has 0 N–H and O–H groups in total. The normalized spacial score (nSPS) is 12.5. The zero-order valence-corrected chi connectivity index (χ0v) is 13.8. The molecular formula is C20H27N. The fourth-order valence-electron chi connectivity index (χ4n) is 2.09. The summed E-state index contributed by atoms with van der Waals surface area (Å²) >= 11 is 0. The molecule has 0 fully saturated rings. The molecule has 1 rings (SSSR count). The third-order valence-electron chi connectivity index (χ3n) is 3.35. The summed E-state index contributed by atoms with van der Waals surface area (Å²) in [6.45, 7) is 12.6. The second-order valence-electron chi connectivity index (χ2n) is 5.36. The first kappa shape index (κ1) is 17.2. The maximum atomic E-state index is 4.86. The maximum absolute atomic E-state index is 4.86. The molecule has 21 heavy (non-hydrogen) atoms. The van der Waals surface area contributed by atoms with Crippen LogP contribution in [-0.2, 0) is 0 Å². The van der Waals surface area contributed by atoms with E-state index in [1.54, 1.807) is 0 Å². The first-order valence-corrected chi connectivity index (χ1v) is 7.72. The molecule has 1 aromatic rings. The predicted molar refractivity (Wildman–Crippen MR) is 95.6 cm³/mol. The zero-order chi connectivity index (χ0) is 15.7. The van der Waals surface area contributed by atoms with Crippen molar-refractivity contribution in [3.63, 3.8) is 0 Å².